The Labute approximate surface area is 261 Å². The number of rotatable bonds is 2. The summed E-state index contributed by atoms with van der Waals surface area (Å²) in [6.07, 6.45) is 10.5. The quantitative estimate of drug-likeness (QED) is 0.182. The van der Waals surface area contributed by atoms with Crippen LogP contribution in [0.15, 0.2) is 83.3 Å². The summed E-state index contributed by atoms with van der Waals surface area (Å²) in [6, 6.07) is 31.5. The maximum atomic E-state index is 3.90. The molecule has 2 fully saturated rings. The van der Waals surface area contributed by atoms with Gasteiger partial charge in [-0.1, -0.05) is 110 Å². The molecule has 0 saturated heterocycles. The second kappa shape index (κ2) is 9.43. The highest BCUT2D eigenvalue weighted by Gasteiger charge is 2.52. The van der Waals surface area contributed by atoms with Gasteiger partial charge >= 0.3 is 0 Å². The van der Waals surface area contributed by atoms with Gasteiger partial charge in [-0.2, -0.15) is 0 Å². The van der Waals surface area contributed by atoms with Crippen molar-refractivity contribution in [3.8, 4) is 22.3 Å². The molecule has 0 bridgehead atoms. The maximum absolute atomic E-state index is 3.90. The molecular weight excluding hydrogens is 572 g/mol. The van der Waals surface area contributed by atoms with Gasteiger partial charge in [0, 0.05) is 4.47 Å². The van der Waals surface area contributed by atoms with Crippen LogP contribution in [0.5, 0.6) is 0 Å². The lowest BCUT2D eigenvalue weighted by atomic mass is 9.67. The van der Waals surface area contributed by atoms with Gasteiger partial charge in [0.2, 0.25) is 0 Å². The van der Waals surface area contributed by atoms with Crippen LogP contribution in [0.3, 0.4) is 0 Å². The lowest BCUT2D eigenvalue weighted by Gasteiger charge is -2.36. The van der Waals surface area contributed by atoms with E-state index in [-0.39, 0.29) is 5.41 Å². The van der Waals surface area contributed by atoms with Gasteiger partial charge in [0.15, 0.2) is 0 Å². The molecule has 4 aliphatic rings. The van der Waals surface area contributed by atoms with E-state index in [4.69, 9.17) is 0 Å². The molecule has 4 aromatic carbocycles. The summed E-state index contributed by atoms with van der Waals surface area (Å²) in [4.78, 5) is 0. The van der Waals surface area contributed by atoms with Crippen molar-refractivity contribution in [2.45, 2.75) is 96.3 Å². The summed E-state index contributed by atoms with van der Waals surface area (Å²) in [6.45, 7) is 9.80. The Balaban J connectivity index is 1.35. The number of hydrogen-bond acceptors (Lipinski definition) is 0. The zero-order valence-corrected chi connectivity index (χ0v) is 27.3. The lowest BCUT2D eigenvalue weighted by Crippen LogP contribution is -2.27. The molecule has 0 aliphatic heterocycles. The minimum atomic E-state index is -0.270. The van der Waals surface area contributed by atoms with Crippen LogP contribution in [0.4, 0.5) is 0 Å². The Kier molecular flexibility index (Phi) is 6.05. The van der Waals surface area contributed by atoms with Gasteiger partial charge in [-0.3, -0.25) is 0 Å². The van der Waals surface area contributed by atoms with Crippen LogP contribution in [0.25, 0.3) is 22.3 Å². The van der Waals surface area contributed by atoms with Gasteiger partial charge in [0.1, 0.15) is 0 Å². The zero-order chi connectivity index (χ0) is 28.9. The van der Waals surface area contributed by atoms with Crippen LogP contribution in [-0.4, -0.2) is 0 Å². The van der Waals surface area contributed by atoms with E-state index in [2.05, 4.69) is 122 Å². The first-order chi connectivity index (χ1) is 20.2. The van der Waals surface area contributed by atoms with Crippen LogP contribution < -0.4 is 0 Å². The average molecular weight is 616 g/mol. The van der Waals surface area contributed by atoms with Crippen molar-refractivity contribution in [1.29, 1.82) is 0 Å². The minimum absolute atomic E-state index is 0.270. The highest BCUT2D eigenvalue weighted by molar-refractivity contribution is 9.10. The molecule has 0 aromatic heterocycles. The number of fused-ring (bicyclic) bond motifs is 10. The second-order valence-electron chi connectivity index (χ2n) is 15.5. The van der Waals surface area contributed by atoms with E-state index in [0.29, 0.717) is 22.7 Å². The molecule has 0 N–H and O–H groups in total. The lowest BCUT2D eigenvalue weighted by molar-refractivity contribution is 0.224. The van der Waals surface area contributed by atoms with Crippen LogP contribution in [-0.2, 0) is 5.41 Å². The van der Waals surface area contributed by atoms with E-state index >= 15 is 0 Å². The third-order valence-corrected chi connectivity index (χ3v) is 12.3. The fraction of sp³-hybridized carbons (Fsp3) is 0.415. The number of benzene rings is 4. The van der Waals surface area contributed by atoms with Crippen LogP contribution in [0.1, 0.15) is 124 Å². The van der Waals surface area contributed by atoms with E-state index in [1.165, 1.54) is 100 Å². The molecule has 42 heavy (non-hydrogen) atoms. The van der Waals surface area contributed by atoms with E-state index in [1.807, 2.05) is 0 Å². The smallest absolute Gasteiger partial charge is 0.0619 e. The van der Waals surface area contributed by atoms with Crippen molar-refractivity contribution < 1.29 is 0 Å². The van der Waals surface area contributed by atoms with Gasteiger partial charge < -0.3 is 0 Å². The largest absolute Gasteiger partial charge is 0.0726 e. The molecule has 0 heterocycles. The molecule has 0 atom stereocenters. The topological polar surface area (TPSA) is 0 Å². The molecule has 214 valence electrons. The van der Waals surface area contributed by atoms with Crippen molar-refractivity contribution in [3.63, 3.8) is 0 Å². The number of halogens is 1. The Morgan fingerprint density at radius 2 is 0.929 bits per heavy atom. The fourth-order valence-electron chi connectivity index (χ4n) is 9.16. The normalized spacial score (nSPS) is 21.5. The van der Waals surface area contributed by atoms with Gasteiger partial charge in [-0.25, -0.2) is 0 Å². The van der Waals surface area contributed by atoms with Gasteiger partial charge in [0.25, 0.3) is 0 Å². The van der Waals surface area contributed by atoms with Crippen molar-refractivity contribution in [2.75, 3.05) is 0 Å². The fourth-order valence-corrected chi connectivity index (χ4v) is 9.53. The Hall–Kier alpha value is -2.64. The SMILES string of the molecule is CC1(C)CCC(c2ccc3c(c2)C2(c4ccccc4-c4ccc(Br)cc42)c2cc(C4CCC(C)(C)CC4)ccc2-3)CC1. The van der Waals surface area contributed by atoms with Gasteiger partial charge in [-0.05, 0) is 142 Å². The third kappa shape index (κ3) is 3.98. The maximum Gasteiger partial charge on any atom is 0.0726 e. The molecular formula is C41H43Br. The molecule has 8 rings (SSSR count). The molecule has 2 saturated carbocycles. The predicted octanol–water partition coefficient (Wildman–Crippen LogP) is 12.2. The van der Waals surface area contributed by atoms with E-state index in [1.54, 1.807) is 11.1 Å². The van der Waals surface area contributed by atoms with Gasteiger partial charge in [0.05, 0.1) is 5.41 Å². The Bertz CT molecular complexity index is 1620. The molecule has 0 radical (unpaired) electrons. The van der Waals surface area contributed by atoms with E-state index < -0.39 is 0 Å². The molecule has 1 heteroatoms. The minimum Gasteiger partial charge on any atom is -0.0619 e. The Morgan fingerprint density at radius 3 is 1.45 bits per heavy atom. The first-order valence-electron chi connectivity index (χ1n) is 16.4. The summed E-state index contributed by atoms with van der Waals surface area (Å²) < 4.78 is 1.17. The summed E-state index contributed by atoms with van der Waals surface area (Å²) in [7, 11) is 0. The molecule has 1 spiro atoms. The summed E-state index contributed by atoms with van der Waals surface area (Å²) in [5.41, 5.74) is 15.4. The van der Waals surface area contributed by atoms with Crippen LogP contribution >= 0.6 is 15.9 Å². The molecule has 4 aliphatic carbocycles. The first-order valence-corrected chi connectivity index (χ1v) is 17.1. The van der Waals surface area contributed by atoms with Crippen molar-refractivity contribution >= 4 is 15.9 Å². The van der Waals surface area contributed by atoms with Crippen LogP contribution in [0, 0.1) is 10.8 Å². The third-order valence-electron chi connectivity index (χ3n) is 11.8. The van der Waals surface area contributed by atoms with Crippen molar-refractivity contribution in [1.82, 2.24) is 0 Å². The molecule has 0 unspecified atom stereocenters. The van der Waals surface area contributed by atoms with Gasteiger partial charge in [-0.15, -0.1) is 0 Å². The number of hydrogen-bond donors (Lipinski definition) is 0. The molecule has 0 nitrogen and oxygen atoms in total. The zero-order valence-electron chi connectivity index (χ0n) is 25.7. The Morgan fingerprint density at radius 1 is 0.500 bits per heavy atom. The van der Waals surface area contributed by atoms with Crippen molar-refractivity contribution in [3.05, 3.63) is 117 Å². The summed E-state index contributed by atoms with van der Waals surface area (Å²) in [5, 5.41) is 0. The van der Waals surface area contributed by atoms with Crippen LogP contribution in [0.2, 0.25) is 0 Å². The highest BCUT2D eigenvalue weighted by atomic mass is 79.9. The standard InChI is InChI=1S/C41H43Br/c1-39(2)19-15-26(16-20-39)28-9-12-32-33-13-10-29(27-17-21-40(3,4)22-18-27)24-37(33)41(36(32)23-28)35-8-6-5-7-31(35)34-14-11-30(42)25-38(34)41/h5-14,23-27H,15-22H2,1-4H3. The van der Waals surface area contributed by atoms with E-state index in [0.717, 1.165) is 0 Å². The first kappa shape index (κ1) is 26.9. The molecule has 0 amide bonds. The average Bonchev–Trinajstić information content (AvgIpc) is 3.43. The summed E-state index contributed by atoms with van der Waals surface area (Å²) >= 11 is 3.90. The van der Waals surface area contributed by atoms with Crippen molar-refractivity contribution in [2.24, 2.45) is 10.8 Å². The van der Waals surface area contributed by atoms with E-state index in [9.17, 15) is 0 Å². The predicted molar refractivity (Wildman–Crippen MR) is 180 cm³/mol. The monoisotopic (exact) mass is 614 g/mol. The highest BCUT2D eigenvalue weighted by Crippen LogP contribution is 2.64. The molecule has 4 aromatic rings. The summed E-state index contributed by atoms with van der Waals surface area (Å²) in [5.74, 6) is 1.31. The second-order valence-corrected chi connectivity index (χ2v) is 16.4.